The predicted molar refractivity (Wildman–Crippen MR) is 141 cm³/mol. The van der Waals surface area contributed by atoms with Crippen LogP contribution < -0.4 is 4.90 Å². The van der Waals surface area contributed by atoms with Crippen molar-refractivity contribution >= 4 is 23.5 Å². The first-order valence-electron chi connectivity index (χ1n) is 14.3. The number of anilines is 1. The van der Waals surface area contributed by atoms with Crippen LogP contribution >= 0.6 is 0 Å². The van der Waals surface area contributed by atoms with Crippen molar-refractivity contribution in [1.29, 1.82) is 0 Å². The number of carbonyl (C=O) groups excluding carboxylic acids is 3. The monoisotopic (exact) mass is 505 g/mol. The van der Waals surface area contributed by atoms with E-state index in [1.807, 2.05) is 0 Å². The Morgan fingerprint density at radius 3 is 2.22 bits per heavy atom. The molecule has 1 aromatic carbocycles. The molecule has 6 rings (SSSR count). The van der Waals surface area contributed by atoms with E-state index in [1.54, 1.807) is 0 Å². The zero-order valence-corrected chi connectivity index (χ0v) is 21.9. The first-order valence-corrected chi connectivity index (χ1v) is 14.3. The summed E-state index contributed by atoms with van der Waals surface area (Å²) in [6.45, 7) is 6.38. The number of para-hydroxylation sites is 1. The molecule has 7 heteroatoms. The topological polar surface area (TPSA) is 70.2 Å². The fourth-order valence-corrected chi connectivity index (χ4v) is 7.46. The first kappa shape index (κ1) is 24.7. The molecule has 0 radical (unpaired) electrons. The molecule has 2 heterocycles. The predicted octanol–water partition coefficient (Wildman–Crippen LogP) is 3.42. The Morgan fingerprint density at radius 1 is 0.919 bits per heavy atom. The summed E-state index contributed by atoms with van der Waals surface area (Å²) in [5, 5.41) is 0. The van der Waals surface area contributed by atoms with Crippen LogP contribution in [0.15, 0.2) is 36.4 Å². The van der Waals surface area contributed by atoms with E-state index in [2.05, 4.69) is 53.1 Å². The van der Waals surface area contributed by atoms with Gasteiger partial charge in [-0.05, 0) is 49.7 Å². The normalized spacial score (nSPS) is 30.7. The molecule has 2 saturated heterocycles. The van der Waals surface area contributed by atoms with Crippen molar-refractivity contribution in [1.82, 2.24) is 9.80 Å². The molecule has 5 aliphatic rings. The molecule has 0 aromatic heterocycles. The Kier molecular flexibility index (Phi) is 6.82. The van der Waals surface area contributed by atoms with Crippen molar-refractivity contribution in [3.05, 3.63) is 42.0 Å². The van der Waals surface area contributed by atoms with E-state index in [-0.39, 0.29) is 53.9 Å². The van der Waals surface area contributed by atoms with E-state index < -0.39 is 6.10 Å². The number of ether oxygens (including phenoxy) is 1. The molecule has 7 nitrogen and oxygen atoms in total. The number of aryl methyl sites for hydroxylation is 1. The minimum absolute atomic E-state index is 0.0569. The number of likely N-dealkylation sites (tertiary alicyclic amines) is 1. The highest BCUT2D eigenvalue weighted by Gasteiger charge is 2.59. The molecule has 5 atom stereocenters. The van der Waals surface area contributed by atoms with Gasteiger partial charge in [0.1, 0.15) is 6.10 Å². The number of carbonyl (C=O) groups is 3. The standard InChI is InChI=1S/C30H39N3O4/c1-20-7-5-6-10-25(20)32-15-13-31(14-16-32)18-24(37-30(36)21-8-3-2-4-9-21)19-33-28(34)26-22-11-12-23(17-22)27(26)29(33)35/h5-7,10-12,21-24,26-27H,2-4,8-9,13-19H2,1H3. The van der Waals surface area contributed by atoms with Crippen molar-refractivity contribution in [3.8, 4) is 0 Å². The third-order valence-electron chi connectivity index (χ3n) is 9.46. The van der Waals surface area contributed by atoms with Crippen LogP contribution in [0.25, 0.3) is 0 Å². The van der Waals surface area contributed by atoms with Gasteiger partial charge < -0.3 is 9.64 Å². The highest BCUT2D eigenvalue weighted by molar-refractivity contribution is 6.06. The van der Waals surface area contributed by atoms with Crippen LogP contribution in [0, 0.1) is 36.5 Å². The molecular formula is C30H39N3O4. The van der Waals surface area contributed by atoms with Crippen LogP contribution in [0.5, 0.6) is 0 Å². The smallest absolute Gasteiger partial charge is 0.309 e. The number of fused-ring (bicyclic) bond motifs is 5. The van der Waals surface area contributed by atoms with E-state index in [1.165, 1.54) is 22.6 Å². The largest absolute Gasteiger partial charge is 0.459 e. The lowest BCUT2D eigenvalue weighted by molar-refractivity contribution is -0.160. The number of rotatable bonds is 7. The van der Waals surface area contributed by atoms with Gasteiger partial charge >= 0.3 is 5.97 Å². The summed E-state index contributed by atoms with van der Waals surface area (Å²) in [5.41, 5.74) is 2.54. The minimum atomic E-state index is -0.489. The van der Waals surface area contributed by atoms with Gasteiger partial charge in [-0.25, -0.2) is 0 Å². The highest BCUT2D eigenvalue weighted by Crippen LogP contribution is 2.52. The number of benzene rings is 1. The summed E-state index contributed by atoms with van der Waals surface area (Å²) in [6, 6.07) is 8.46. The number of amides is 2. The van der Waals surface area contributed by atoms with Crippen molar-refractivity contribution < 1.29 is 19.1 Å². The van der Waals surface area contributed by atoms with E-state index in [0.717, 1.165) is 58.3 Å². The SMILES string of the molecule is Cc1ccccc1N1CCN(CC(CN2C(=O)C3C4C=CC(C4)C3C2=O)OC(=O)C2CCCCC2)CC1. The Balaban J connectivity index is 1.13. The van der Waals surface area contributed by atoms with Gasteiger partial charge in [-0.1, -0.05) is 49.6 Å². The highest BCUT2D eigenvalue weighted by atomic mass is 16.5. The Morgan fingerprint density at radius 2 is 1.57 bits per heavy atom. The van der Waals surface area contributed by atoms with Crippen molar-refractivity contribution in [3.63, 3.8) is 0 Å². The van der Waals surface area contributed by atoms with E-state index >= 15 is 0 Å². The molecule has 5 unspecified atom stereocenters. The van der Waals surface area contributed by atoms with Crippen LogP contribution in [0.2, 0.25) is 0 Å². The summed E-state index contributed by atoms with van der Waals surface area (Å²) in [5.74, 6) is -0.374. The number of imide groups is 1. The van der Waals surface area contributed by atoms with Gasteiger partial charge in [-0.2, -0.15) is 0 Å². The van der Waals surface area contributed by atoms with Gasteiger partial charge in [0.2, 0.25) is 11.8 Å². The van der Waals surface area contributed by atoms with Gasteiger partial charge in [0.15, 0.2) is 0 Å². The zero-order valence-electron chi connectivity index (χ0n) is 21.9. The number of nitrogens with zero attached hydrogens (tertiary/aromatic N) is 3. The average molecular weight is 506 g/mol. The number of hydrogen-bond donors (Lipinski definition) is 0. The van der Waals surface area contributed by atoms with Gasteiger partial charge in [-0.3, -0.25) is 24.2 Å². The fourth-order valence-electron chi connectivity index (χ4n) is 7.46. The second-order valence-corrected chi connectivity index (χ2v) is 11.8. The third kappa shape index (κ3) is 4.71. The summed E-state index contributed by atoms with van der Waals surface area (Å²) in [6.07, 6.45) is 9.73. The van der Waals surface area contributed by atoms with Gasteiger partial charge in [0, 0.05) is 38.4 Å². The molecular weight excluding hydrogens is 466 g/mol. The van der Waals surface area contributed by atoms with Crippen LogP contribution in [0.4, 0.5) is 5.69 Å². The number of allylic oxidation sites excluding steroid dienone is 2. The minimum Gasteiger partial charge on any atom is -0.459 e. The van der Waals surface area contributed by atoms with E-state index in [9.17, 15) is 14.4 Å². The fraction of sp³-hybridized carbons (Fsp3) is 0.633. The number of piperazine rings is 1. The zero-order chi connectivity index (χ0) is 25.5. The Hall–Kier alpha value is -2.67. The maximum absolute atomic E-state index is 13.3. The average Bonchev–Trinajstić information content (AvgIpc) is 3.60. The Labute approximate surface area is 219 Å². The molecule has 4 fully saturated rings. The van der Waals surface area contributed by atoms with E-state index in [0.29, 0.717) is 6.54 Å². The molecule has 198 valence electrons. The summed E-state index contributed by atoms with van der Waals surface area (Å²) in [4.78, 5) is 46.0. The second-order valence-electron chi connectivity index (χ2n) is 11.8. The molecule has 3 aliphatic carbocycles. The Bertz CT molecular complexity index is 1040. The maximum Gasteiger partial charge on any atom is 0.309 e. The van der Waals surface area contributed by atoms with Crippen LogP contribution in [-0.4, -0.2) is 73.0 Å². The quantitative estimate of drug-likeness (QED) is 0.321. The van der Waals surface area contributed by atoms with Crippen molar-refractivity contribution in [2.75, 3.05) is 44.2 Å². The molecule has 0 spiro atoms. The summed E-state index contributed by atoms with van der Waals surface area (Å²) in [7, 11) is 0. The lowest BCUT2D eigenvalue weighted by Gasteiger charge is -2.38. The molecule has 0 N–H and O–H groups in total. The van der Waals surface area contributed by atoms with Gasteiger partial charge in [0.05, 0.1) is 24.3 Å². The first-order chi connectivity index (χ1) is 18.0. The van der Waals surface area contributed by atoms with E-state index in [4.69, 9.17) is 4.74 Å². The van der Waals surface area contributed by atoms with Crippen molar-refractivity contribution in [2.24, 2.45) is 29.6 Å². The van der Waals surface area contributed by atoms with Crippen LogP contribution in [-0.2, 0) is 19.1 Å². The third-order valence-corrected chi connectivity index (χ3v) is 9.46. The molecule has 37 heavy (non-hydrogen) atoms. The molecule has 2 bridgehead atoms. The van der Waals surface area contributed by atoms with Crippen LogP contribution in [0.3, 0.4) is 0 Å². The molecule has 1 aromatic rings. The summed E-state index contributed by atoms with van der Waals surface area (Å²) < 4.78 is 6.12. The second kappa shape index (κ2) is 10.2. The lowest BCUT2D eigenvalue weighted by atomic mass is 9.85. The van der Waals surface area contributed by atoms with Gasteiger partial charge in [-0.15, -0.1) is 0 Å². The maximum atomic E-state index is 13.3. The number of esters is 1. The summed E-state index contributed by atoms with van der Waals surface area (Å²) >= 11 is 0. The van der Waals surface area contributed by atoms with Crippen molar-refractivity contribution in [2.45, 2.75) is 51.6 Å². The molecule has 2 aliphatic heterocycles. The molecule has 2 amide bonds. The lowest BCUT2D eigenvalue weighted by Crippen LogP contribution is -2.52. The van der Waals surface area contributed by atoms with Gasteiger partial charge in [0.25, 0.3) is 0 Å². The van der Waals surface area contributed by atoms with Crippen LogP contribution in [0.1, 0.15) is 44.1 Å². The number of hydrogen-bond acceptors (Lipinski definition) is 6. The molecule has 2 saturated carbocycles.